The molecule has 2 fully saturated rings. The Labute approximate surface area is 175 Å². The average molecular weight is 463 g/mol. The molecule has 2 aromatic heterocycles. The van der Waals surface area contributed by atoms with E-state index in [0.29, 0.717) is 22.7 Å². The van der Waals surface area contributed by atoms with E-state index >= 15 is 0 Å². The van der Waals surface area contributed by atoms with Crippen molar-refractivity contribution < 1.29 is 32.3 Å². The molecule has 2 saturated heterocycles. The van der Waals surface area contributed by atoms with Crippen molar-refractivity contribution in [2.45, 2.75) is 54.3 Å². The summed E-state index contributed by atoms with van der Waals surface area (Å²) < 4.78 is 39.1. The SMILES string of the molecule is C[C@@H]1OCC[C@H]1Sc1nn([C@@H]2O[C@H](COS(N)(=O)=O)[C@@H](O)[C@H]2O)c2ncnc(N)c12. The summed E-state index contributed by atoms with van der Waals surface area (Å²) in [6.45, 7) is 2.05. The van der Waals surface area contributed by atoms with E-state index in [4.69, 9.17) is 20.3 Å². The van der Waals surface area contributed by atoms with Crippen LogP contribution in [0.15, 0.2) is 11.4 Å². The number of hydrogen-bond acceptors (Lipinski definition) is 12. The molecule has 6 atom stereocenters. The standard InChI is InChI=1S/C15H22N6O7S2/c1-6-8(2-3-26-6)29-14-9-12(16)18-5-19-13(9)21(20-14)15-11(23)10(22)7(28-15)4-27-30(17,24)25/h5-8,10-11,15,22-23H,2-4H2,1H3,(H2,16,18,19)(H2,17,24,25)/t6-,7+,8+,10+,11+,15+/m0/s1. The quantitative estimate of drug-likeness (QED) is 0.389. The molecule has 0 aliphatic carbocycles. The topological polar surface area (TPSA) is 198 Å². The van der Waals surface area contributed by atoms with E-state index < -0.39 is 41.5 Å². The van der Waals surface area contributed by atoms with Gasteiger partial charge in [-0.25, -0.2) is 19.8 Å². The second kappa shape index (κ2) is 8.16. The van der Waals surface area contributed by atoms with Gasteiger partial charge < -0.3 is 25.4 Å². The second-order valence-electron chi connectivity index (χ2n) is 7.05. The Morgan fingerprint density at radius 3 is 2.80 bits per heavy atom. The fourth-order valence-corrected chi connectivity index (χ4v) is 5.01. The Morgan fingerprint density at radius 1 is 1.37 bits per heavy atom. The van der Waals surface area contributed by atoms with Gasteiger partial charge in [0, 0.05) is 11.9 Å². The Balaban J connectivity index is 1.66. The molecule has 0 amide bonds. The molecule has 2 aliphatic heterocycles. The fourth-order valence-electron chi connectivity index (χ4n) is 3.46. The number of fused-ring (bicyclic) bond motifs is 1. The summed E-state index contributed by atoms with van der Waals surface area (Å²) in [5.41, 5.74) is 6.37. The minimum atomic E-state index is -4.24. The molecule has 2 aliphatic rings. The van der Waals surface area contributed by atoms with Crippen molar-refractivity contribution in [2.75, 3.05) is 18.9 Å². The summed E-state index contributed by atoms with van der Waals surface area (Å²) in [4.78, 5) is 8.24. The van der Waals surface area contributed by atoms with Crippen LogP contribution in [0.4, 0.5) is 5.82 Å². The number of nitrogens with zero attached hydrogens (tertiary/aromatic N) is 4. The van der Waals surface area contributed by atoms with Crippen LogP contribution in [-0.4, -0.2) is 81.3 Å². The zero-order valence-electron chi connectivity index (χ0n) is 15.9. The van der Waals surface area contributed by atoms with Crippen molar-refractivity contribution in [1.29, 1.82) is 0 Å². The molecular formula is C15H22N6O7S2. The summed E-state index contributed by atoms with van der Waals surface area (Å²) >= 11 is 1.46. The van der Waals surface area contributed by atoms with Gasteiger partial charge in [0.2, 0.25) is 0 Å². The summed E-state index contributed by atoms with van der Waals surface area (Å²) in [6.07, 6.45) is -3.05. The van der Waals surface area contributed by atoms with Crippen LogP contribution in [0.3, 0.4) is 0 Å². The molecule has 30 heavy (non-hydrogen) atoms. The van der Waals surface area contributed by atoms with Crippen molar-refractivity contribution >= 4 is 38.9 Å². The number of nitrogen functional groups attached to an aromatic ring is 1. The summed E-state index contributed by atoms with van der Waals surface area (Å²) in [5, 5.41) is 31.3. The Kier molecular flexibility index (Phi) is 5.88. The van der Waals surface area contributed by atoms with Gasteiger partial charge in [0.15, 0.2) is 11.9 Å². The Hall–Kier alpha value is -1.59. The third-order valence-corrected chi connectivity index (χ3v) is 6.93. The average Bonchev–Trinajstić information content (AvgIpc) is 3.32. The number of hydrogen-bond donors (Lipinski definition) is 4. The van der Waals surface area contributed by atoms with Gasteiger partial charge in [-0.15, -0.1) is 0 Å². The van der Waals surface area contributed by atoms with Crippen LogP contribution in [0, 0.1) is 0 Å². The molecule has 2 aromatic rings. The molecule has 0 unspecified atom stereocenters. The van der Waals surface area contributed by atoms with Crippen LogP contribution < -0.4 is 10.9 Å². The molecule has 0 spiro atoms. The zero-order valence-corrected chi connectivity index (χ0v) is 17.5. The van der Waals surface area contributed by atoms with Crippen LogP contribution in [0.25, 0.3) is 11.0 Å². The maximum atomic E-state index is 11.0. The number of rotatable bonds is 6. The van der Waals surface area contributed by atoms with Crippen LogP contribution in [0.5, 0.6) is 0 Å². The molecule has 166 valence electrons. The summed E-state index contributed by atoms with van der Waals surface area (Å²) in [6, 6.07) is 0. The summed E-state index contributed by atoms with van der Waals surface area (Å²) in [5.74, 6) is 0.211. The minimum absolute atomic E-state index is 0.0240. The molecule has 13 nitrogen and oxygen atoms in total. The smallest absolute Gasteiger partial charge is 0.333 e. The molecule has 6 N–H and O–H groups in total. The third kappa shape index (κ3) is 4.11. The predicted octanol–water partition coefficient (Wildman–Crippen LogP) is -1.48. The number of anilines is 1. The first-order valence-corrected chi connectivity index (χ1v) is 11.5. The van der Waals surface area contributed by atoms with Crippen LogP contribution >= 0.6 is 11.8 Å². The lowest BCUT2D eigenvalue weighted by Gasteiger charge is -2.15. The lowest BCUT2D eigenvalue weighted by atomic mass is 10.1. The van der Waals surface area contributed by atoms with Gasteiger partial charge in [0.05, 0.1) is 18.1 Å². The number of aliphatic hydroxyl groups is 2. The molecule has 4 rings (SSSR count). The fraction of sp³-hybridized carbons (Fsp3) is 0.667. The lowest BCUT2D eigenvalue weighted by Crippen LogP contribution is -2.35. The van der Waals surface area contributed by atoms with E-state index in [1.807, 2.05) is 6.92 Å². The van der Waals surface area contributed by atoms with Gasteiger partial charge >= 0.3 is 10.3 Å². The molecule has 0 radical (unpaired) electrons. The predicted molar refractivity (Wildman–Crippen MR) is 104 cm³/mol. The highest BCUT2D eigenvalue weighted by Crippen LogP contribution is 2.39. The van der Waals surface area contributed by atoms with E-state index in [-0.39, 0.29) is 17.2 Å². The number of ether oxygens (including phenoxy) is 2. The second-order valence-corrected chi connectivity index (χ2v) is 9.50. The third-order valence-electron chi connectivity index (χ3n) is 5.03. The minimum Gasteiger partial charge on any atom is -0.387 e. The number of thioether (sulfide) groups is 1. The van der Waals surface area contributed by atoms with Crippen molar-refractivity contribution in [3.63, 3.8) is 0 Å². The van der Waals surface area contributed by atoms with Crippen LogP contribution in [0.1, 0.15) is 19.6 Å². The molecule has 15 heteroatoms. The van der Waals surface area contributed by atoms with Gasteiger partial charge in [-0.1, -0.05) is 11.8 Å². The molecule has 4 heterocycles. The summed E-state index contributed by atoms with van der Waals surface area (Å²) in [7, 11) is -4.24. The van der Waals surface area contributed by atoms with Crippen LogP contribution in [-0.2, 0) is 24.0 Å². The maximum Gasteiger partial charge on any atom is 0.333 e. The van der Waals surface area contributed by atoms with Gasteiger partial charge in [-0.05, 0) is 13.3 Å². The molecule has 0 saturated carbocycles. The van der Waals surface area contributed by atoms with Gasteiger partial charge in [0.25, 0.3) is 0 Å². The molecule has 0 bridgehead atoms. The number of aromatic nitrogens is 4. The maximum absolute atomic E-state index is 11.0. The van der Waals surface area contributed by atoms with E-state index in [1.165, 1.54) is 22.8 Å². The highest BCUT2D eigenvalue weighted by Gasteiger charge is 2.46. The van der Waals surface area contributed by atoms with E-state index in [9.17, 15) is 18.6 Å². The van der Waals surface area contributed by atoms with Crippen LogP contribution in [0.2, 0.25) is 0 Å². The molecule has 0 aromatic carbocycles. The van der Waals surface area contributed by atoms with Crippen molar-refractivity contribution in [1.82, 2.24) is 19.7 Å². The first kappa shape index (κ1) is 21.6. The van der Waals surface area contributed by atoms with E-state index in [1.54, 1.807) is 0 Å². The van der Waals surface area contributed by atoms with Gasteiger partial charge in [-0.2, -0.15) is 13.5 Å². The van der Waals surface area contributed by atoms with E-state index in [0.717, 1.165) is 6.42 Å². The molecular weight excluding hydrogens is 440 g/mol. The largest absolute Gasteiger partial charge is 0.387 e. The monoisotopic (exact) mass is 462 g/mol. The lowest BCUT2D eigenvalue weighted by molar-refractivity contribution is -0.0532. The highest BCUT2D eigenvalue weighted by atomic mass is 32.2. The van der Waals surface area contributed by atoms with Gasteiger partial charge in [-0.3, -0.25) is 4.18 Å². The van der Waals surface area contributed by atoms with Gasteiger partial charge in [0.1, 0.15) is 35.5 Å². The van der Waals surface area contributed by atoms with Crippen molar-refractivity contribution in [3.05, 3.63) is 6.33 Å². The van der Waals surface area contributed by atoms with Crippen molar-refractivity contribution in [3.8, 4) is 0 Å². The number of aliphatic hydroxyl groups excluding tert-OH is 2. The first-order chi connectivity index (χ1) is 14.2. The highest BCUT2D eigenvalue weighted by molar-refractivity contribution is 8.00. The normalized spacial score (nSPS) is 32.3. The Morgan fingerprint density at radius 2 is 2.13 bits per heavy atom. The Bertz CT molecular complexity index is 1030. The van der Waals surface area contributed by atoms with Crippen molar-refractivity contribution in [2.24, 2.45) is 5.14 Å². The zero-order chi connectivity index (χ0) is 21.6. The van der Waals surface area contributed by atoms with E-state index in [2.05, 4.69) is 19.2 Å². The first-order valence-electron chi connectivity index (χ1n) is 9.11. The number of nitrogens with two attached hydrogens (primary N) is 2.